The van der Waals surface area contributed by atoms with Gasteiger partial charge in [0, 0.05) is 21.7 Å². The zero-order valence-corrected chi connectivity index (χ0v) is 11.7. The Hall–Kier alpha value is -2.07. The Morgan fingerprint density at radius 1 is 0.895 bits per heavy atom. The zero-order valence-electron chi connectivity index (χ0n) is 10.1. The number of fused-ring (bicyclic) bond motifs is 1. The van der Waals surface area contributed by atoms with Crippen molar-refractivity contribution >= 4 is 43.9 Å². The van der Waals surface area contributed by atoms with E-state index in [9.17, 15) is 0 Å². The number of aromatic nitrogens is 1. The molecule has 0 amide bonds. The van der Waals surface area contributed by atoms with Crippen LogP contribution in [0.1, 0.15) is 0 Å². The van der Waals surface area contributed by atoms with Gasteiger partial charge < -0.3 is 11.1 Å². The Labute approximate surface area is 119 Å². The molecule has 3 nitrogen and oxygen atoms in total. The highest BCUT2D eigenvalue weighted by Crippen LogP contribution is 2.32. The van der Waals surface area contributed by atoms with E-state index in [0.29, 0.717) is 5.82 Å². The van der Waals surface area contributed by atoms with Crippen molar-refractivity contribution in [2.75, 3.05) is 11.1 Å². The van der Waals surface area contributed by atoms with E-state index in [2.05, 4.69) is 38.4 Å². The maximum atomic E-state index is 5.86. The van der Waals surface area contributed by atoms with E-state index in [1.165, 1.54) is 0 Å². The largest absolute Gasteiger partial charge is 0.382 e. The molecule has 0 radical (unpaired) electrons. The van der Waals surface area contributed by atoms with Gasteiger partial charge in [-0.05, 0) is 29.7 Å². The van der Waals surface area contributed by atoms with Crippen LogP contribution in [0, 0.1) is 0 Å². The van der Waals surface area contributed by atoms with Crippen LogP contribution < -0.4 is 11.1 Å². The predicted molar refractivity (Wildman–Crippen MR) is 83.6 cm³/mol. The van der Waals surface area contributed by atoms with E-state index in [1.54, 1.807) is 6.20 Å². The first-order valence-electron chi connectivity index (χ1n) is 5.90. The maximum Gasteiger partial charge on any atom is 0.147 e. The molecule has 0 atom stereocenters. The summed E-state index contributed by atoms with van der Waals surface area (Å²) >= 11 is 3.57. The molecule has 0 fully saturated rings. The molecule has 4 heteroatoms. The lowest BCUT2D eigenvalue weighted by Gasteiger charge is -2.12. The first-order valence-corrected chi connectivity index (χ1v) is 6.70. The minimum Gasteiger partial charge on any atom is -0.382 e. The van der Waals surface area contributed by atoms with Crippen LogP contribution in [-0.2, 0) is 0 Å². The van der Waals surface area contributed by atoms with E-state index < -0.39 is 0 Å². The first kappa shape index (κ1) is 12.0. The van der Waals surface area contributed by atoms with Crippen molar-refractivity contribution in [2.24, 2.45) is 0 Å². The lowest BCUT2D eigenvalue weighted by molar-refractivity contribution is 1.33. The third-order valence-electron chi connectivity index (χ3n) is 2.98. The second-order valence-electron chi connectivity index (χ2n) is 4.20. The average molecular weight is 314 g/mol. The maximum absolute atomic E-state index is 5.86. The van der Waals surface area contributed by atoms with E-state index in [-0.39, 0.29) is 0 Å². The van der Waals surface area contributed by atoms with Gasteiger partial charge in [-0.25, -0.2) is 4.98 Å². The summed E-state index contributed by atoms with van der Waals surface area (Å²) in [6.45, 7) is 0. The molecule has 1 heterocycles. The van der Waals surface area contributed by atoms with Crippen molar-refractivity contribution in [3.8, 4) is 0 Å². The molecule has 0 spiro atoms. The molecule has 1 aromatic heterocycles. The summed E-state index contributed by atoms with van der Waals surface area (Å²) in [6, 6.07) is 16.0. The van der Waals surface area contributed by atoms with Crippen LogP contribution in [0.5, 0.6) is 0 Å². The topological polar surface area (TPSA) is 50.9 Å². The summed E-state index contributed by atoms with van der Waals surface area (Å²) in [5.41, 5.74) is 7.69. The van der Waals surface area contributed by atoms with Crippen molar-refractivity contribution < 1.29 is 0 Å². The Balaban J connectivity index is 2.12. The normalized spacial score (nSPS) is 10.6. The molecular formula is C15H12BrN3. The molecule has 2 aromatic carbocycles. The molecule has 0 aliphatic carbocycles. The van der Waals surface area contributed by atoms with Gasteiger partial charge in [0.2, 0.25) is 0 Å². The van der Waals surface area contributed by atoms with Crippen molar-refractivity contribution in [3.05, 3.63) is 59.2 Å². The number of rotatable bonds is 2. The van der Waals surface area contributed by atoms with Crippen LogP contribution >= 0.6 is 15.9 Å². The average Bonchev–Trinajstić information content (AvgIpc) is 2.44. The summed E-state index contributed by atoms with van der Waals surface area (Å²) in [7, 11) is 0. The van der Waals surface area contributed by atoms with Crippen LogP contribution in [0.2, 0.25) is 0 Å². The predicted octanol–water partition coefficient (Wildman–Crippen LogP) is 4.32. The summed E-state index contributed by atoms with van der Waals surface area (Å²) in [6.07, 6.45) is 1.68. The van der Waals surface area contributed by atoms with Crippen molar-refractivity contribution in [3.63, 3.8) is 0 Å². The second-order valence-corrected chi connectivity index (χ2v) is 5.06. The van der Waals surface area contributed by atoms with Gasteiger partial charge in [0.05, 0.1) is 5.69 Å². The molecule has 3 N–H and O–H groups in total. The number of anilines is 3. The first-order chi connectivity index (χ1) is 9.25. The van der Waals surface area contributed by atoms with Crippen molar-refractivity contribution in [1.29, 1.82) is 0 Å². The van der Waals surface area contributed by atoms with Gasteiger partial charge in [-0.1, -0.05) is 40.2 Å². The van der Waals surface area contributed by atoms with Crippen LogP contribution in [0.3, 0.4) is 0 Å². The van der Waals surface area contributed by atoms with Crippen LogP contribution in [-0.4, -0.2) is 4.98 Å². The smallest absolute Gasteiger partial charge is 0.147 e. The second kappa shape index (κ2) is 4.90. The summed E-state index contributed by atoms with van der Waals surface area (Å²) in [4.78, 5) is 4.08. The fraction of sp³-hybridized carbons (Fsp3) is 0. The SMILES string of the molecule is Nc1ncccc1Nc1ccc(Br)c2ccccc12. The number of hydrogen-bond acceptors (Lipinski definition) is 3. The number of nitrogens with one attached hydrogen (secondary N) is 1. The number of pyridine rings is 1. The summed E-state index contributed by atoms with van der Waals surface area (Å²) in [5, 5.41) is 5.64. The summed E-state index contributed by atoms with van der Waals surface area (Å²) < 4.78 is 1.08. The van der Waals surface area contributed by atoms with Gasteiger partial charge in [0.1, 0.15) is 5.82 Å². The van der Waals surface area contributed by atoms with Gasteiger partial charge in [-0.3, -0.25) is 0 Å². The molecule has 0 aliphatic rings. The molecule has 0 aliphatic heterocycles. The number of hydrogen-bond donors (Lipinski definition) is 2. The fourth-order valence-corrected chi connectivity index (χ4v) is 2.52. The fourth-order valence-electron chi connectivity index (χ4n) is 2.04. The van der Waals surface area contributed by atoms with Gasteiger partial charge in [-0.2, -0.15) is 0 Å². The quantitative estimate of drug-likeness (QED) is 0.740. The number of benzene rings is 2. The van der Waals surface area contributed by atoms with Crippen LogP contribution in [0.25, 0.3) is 10.8 Å². The van der Waals surface area contributed by atoms with E-state index in [4.69, 9.17) is 5.73 Å². The number of nitrogens with two attached hydrogens (primary N) is 1. The summed E-state index contributed by atoms with van der Waals surface area (Å²) in [5.74, 6) is 0.495. The highest BCUT2D eigenvalue weighted by molar-refractivity contribution is 9.10. The minimum atomic E-state index is 0.495. The van der Waals surface area contributed by atoms with E-state index >= 15 is 0 Å². The highest BCUT2D eigenvalue weighted by Gasteiger charge is 2.05. The molecular weight excluding hydrogens is 302 g/mol. The lowest BCUT2D eigenvalue weighted by Crippen LogP contribution is -1.98. The third kappa shape index (κ3) is 2.27. The Kier molecular flexibility index (Phi) is 3.09. The lowest BCUT2D eigenvalue weighted by atomic mass is 10.1. The standard InChI is InChI=1S/C15H12BrN3/c16-12-7-8-13(11-5-2-1-4-10(11)12)19-14-6-3-9-18-15(14)17/h1-9,19H,(H2,17,18). The molecule has 0 unspecified atom stereocenters. The minimum absolute atomic E-state index is 0.495. The molecule has 19 heavy (non-hydrogen) atoms. The van der Waals surface area contributed by atoms with E-state index in [0.717, 1.165) is 26.6 Å². The van der Waals surface area contributed by atoms with Crippen LogP contribution in [0.4, 0.5) is 17.2 Å². The van der Waals surface area contributed by atoms with Crippen molar-refractivity contribution in [1.82, 2.24) is 4.98 Å². The number of nitrogens with zero attached hydrogens (tertiary/aromatic N) is 1. The van der Waals surface area contributed by atoms with Gasteiger partial charge in [0.15, 0.2) is 0 Å². The molecule has 0 saturated heterocycles. The Morgan fingerprint density at radius 3 is 2.47 bits per heavy atom. The molecule has 3 aromatic rings. The van der Waals surface area contributed by atoms with Gasteiger partial charge in [0.25, 0.3) is 0 Å². The van der Waals surface area contributed by atoms with Crippen molar-refractivity contribution in [2.45, 2.75) is 0 Å². The molecule has 0 bridgehead atoms. The van der Waals surface area contributed by atoms with E-state index in [1.807, 2.05) is 36.4 Å². The van der Waals surface area contributed by atoms with Crippen LogP contribution in [0.15, 0.2) is 59.2 Å². The molecule has 0 saturated carbocycles. The number of nitrogen functional groups attached to an aromatic ring is 1. The zero-order chi connectivity index (χ0) is 13.2. The van der Waals surface area contributed by atoms with Gasteiger partial charge >= 0.3 is 0 Å². The highest BCUT2D eigenvalue weighted by atomic mass is 79.9. The Morgan fingerprint density at radius 2 is 1.68 bits per heavy atom. The molecule has 94 valence electrons. The molecule has 3 rings (SSSR count). The Bertz CT molecular complexity index is 740. The number of halogens is 1. The monoisotopic (exact) mass is 313 g/mol. The third-order valence-corrected chi connectivity index (χ3v) is 3.67. The van der Waals surface area contributed by atoms with Gasteiger partial charge in [-0.15, -0.1) is 0 Å².